The topological polar surface area (TPSA) is 57.2 Å². The summed E-state index contributed by atoms with van der Waals surface area (Å²) in [6.45, 7) is 8.25. The van der Waals surface area contributed by atoms with Gasteiger partial charge >= 0.3 is 198 Å². The van der Waals surface area contributed by atoms with Gasteiger partial charge < -0.3 is 0 Å². The van der Waals surface area contributed by atoms with Gasteiger partial charge in [-0.15, -0.1) is 0 Å². The van der Waals surface area contributed by atoms with Crippen molar-refractivity contribution in [1.29, 1.82) is 0 Å². The van der Waals surface area contributed by atoms with E-state index in [1.54, 1.807) is 6.26 Å². The summed E-state index contributed by atoms with van der Waals surface area (Å²) in [5.74, 6) is 0.998. The van der Waals surface area contributed by atoms with Crippen LogP contribution in [0.3, 0.4) is 0 Å². The van der Waals surface area contributed by atoms with Crippen LogP contribution in [-0.4, -0.2) is 55.2 Å². The number of unbranched alkanes of at least 4 members (excludes halogenated alkanes) is 4. The van der Waals surface area contributed by atoms with E-state index in [9.17, 15) is 4.79 Å². The van der Waals surface area contributed by atoms with Crippen molar-refractivity contribution < 1.29 is 23.7 Å². The molecule has 1 atom stereocenters. The van der Waals surface area contributed by atoms with Crippen LogP contribution in [-0.2, 0) is 18.9 Å². The van der Waals surface area contributed by atoms with Gasteiger partial charge in [0.05, 0.1) is 0 Å². The molecule has 3 rings (SSSR count). The molecule has 0 aromatic carbocycles. The quantitative estimate of drug-likeness (QED) is 0.122. The number of hydrogen-bond acceptors (Lipinski definition) is 5. The van der Waals surface area contributed by atoms with Crippen LogP contribution in [0.5, 0.6) is 0 Å². The van der Waals surface area contributed by atoms with Gasteiger partial charge in [-0.1, -0.05) is 18.2 Å². The van der Waals surface area contributed by atoms with E-state index >= 15 is 0 Å². The van der Waals surface area contributed by atoms with Crippen LogP contribution in [0.2, 0.25) is 13.3 Å². The Hall–Kier alpha value is -1.67. The van der Waals surface area contributed by atoms with Crippen molar-refractivity contribution in [3.8, 4) is 0 Å². The van der Waals surface area contributed by atoms with E-state index in [-0.39, 0.29) is 6.10 Å². The van der Waals surface area contributed by atoms with Crippen molar-refractivity contribution in [1.82, 2.24) is 4.90 Å². The summed E-state index contributed by atoms with van der Waals surface area (Å²) in [5.41, 5.74) is 1.06. The second kappa shape index (κ2) is 16.3. The SMILES string of the molecule is CCCC[CH2][Sn]([CH]=CCOCC1CN(C2=COC=C(C3=CC=CCC3)O2)C(=O)O1)([CH2]CCC)[CH2]CCC. The van der Waals surface area contributed by atoms with Gasteiger partial charge in [0.1, 0.15) is 0 Å². The molecule has 1 fully saturated rings. The first-order valence-electron chi connectivity index (χ1n) is 14.4. The molecule has 6 nitrogen and oxygen atoms in total. The third-order valence-corrected chi connectivity index (χ3v) is 21.6. The van der Waals surface area contributed by atoms with Gasteiger partial charge in [-0.25, -0.2) is 0 Å². The van der Waals surface area contributed by atoms with Crippen molar-refractivity contribution in [2.24, 2.45) is 0 Å². The van der Waals surface area contributed by atoms with E-state index in [1.165, 1.54) is 69.4 Å². The number of hydrogen-bond donors (Lipinski definition) is 0. The standard InChI is InChI=1S/C17H18NO5.C5H11.2C4H9.Sn/c1-2-8-20-10-14-9-18(17(19)22-14)16-12-21-11-15(23-16)13-6-4-3-5-7-13;1-3-5-4-2;2*1-3-4-2;/h1-4,6,11-12,14H,5,7-10H2;1,3-5H2,2H3;2*1,3-4H2,2H3;. The Bertz CT molecular complexity index is 867. The number of nitrogens with zero attached hydrogens (tertiary/aromatic N) is 1. The van der Waals surface area contributed by atoms with E-state index in [0.717, 1.165) is 18.4 Å². The minimum atomic E-state index is -2.30. The zero-order valence-corrected chi connectivity index (χ0v) is 26.1. The van der Waals surface area contributed by atoms with Gasteiger partial charge in [-0.2, -0.15) is 0 Å². The molecule has 2 heterocycles. The van der Waals surface area contributed by atoms with Crippen LogP contribution >= 0.6 is 0 Å². The first kappa shape index (κ1) is 29.9. The van der Waals surface area contributed by atoms with Crippen LogP contribution in [0.4, 0.5) is 4.79 Å². The minimum absolute atomic E-state index is 0.324. The van der Waals surface area contributed by atoms with E-state index < -0.39 is 24.5 Å². The Morgan fingerprint density at radius 3 is 2.51 bits per heavy atom. The molecule has 0 radical (unpaired) electrons. The molecule has 0 N–H and O–H groups in total. The summed E-state index contributed by atoms with van der Waals surface area (Å²) in [7, 11) is 0. The summed E-state index contributed by atoms with van der Waals surface area (Å²) in [5, 5.41) is 0. The van der Waals surface area contributed by atoms with Gasteiger partial charge in [0.2, 0.25) is 0 Å². The molecule has 2 aliphatic heterocycles. The monoisotopic (exact) mass is 621 g/mol. The average Bonchev–Trinajstić information content (AvgIpc) is 3.31. The fraction of sp³-hybridized carbons (Fsp3) is 0.633. The summed E-state index contributed by atoms with van der Waals surface area (Å²) < 4.78 is 30.0. The van der Waals surface area contributed by atoms with Crippen molar-refractivity contribution >= 4 is 24.5 Å². The van der Waals surface area contributed by atoms with Crippen LogP contribution in [0.15, 0.2) is 58.1 Å². The summed E-state index contributed by atoms with van der Waals surface area (Å²) in [4.78, 5) is 14.0. The maximum absolute atomic E-state index is 12.5. The van der Waals surface area contributed by atoms with Gasteiger partial charge in [-0.05, 0) is 12.8 Å². The fourth-order valence-corrected chi connectivity index (χ4v) is 19.2. The summed E-state index contributed by atoms with van der Waals surface area (Å²) in [6, 6.07) is 0. The zero-order valence-electron chi connectivity index (χ0n) is 23.2. The molecule has 1 amide bonds. The maximum atomic E-state index is 12.5. The Kier molecular flexibility index (Phi) is 13.2. The predicted molar refractivity (Wildman–Crippen MR) is 151 cm³/mol. The second-order valence-electron chi connectivity index (χ2n) is 10.4. The van der Waals surface area contributed by atoms with Crippen molar-refractivity contribution in [2.75, 3.05) is 19.8 Å². The summed E-state index contributed by atoms with van der Waals surface area (Å²) >= 11 is -2.30. The zero-order chi connectivity index (χ0) is 26.3. The predicted octanol–water partition coefficient (Wildman–Crippen LogP) is 8.12. The average molecular weight is 620 g/mol. The normalized spacial score (nSPS) is 19.9. The third-order valence-electron chi connectivity index (χ3n) is 7.35. The molecule has 1 aliphatic carbocycles. The van der Waals surface area contributed by atoms with E-state index in [2.05, 4.69) is 37.0 Å². The number of amides is 1. The van der Waals surface area contributed by atoms with E-state index in [4.69, 9.17) is 18.9 Å². The number of rotatable bonds is 17. The molecular formula is C30H47NO5Sn. The molecule has 37 heavy (non-hydrogen) atoms. The van der Waals surface area contributed by atoms with Crippen molar-refractivity contribution in [3.63, 3.8) is 0 Å². The molecule has 0 spiro atoms. The second-order valence-corrected chi connectivity index (χ2v) is 23.4. The first-order chi connectivity index (χ1) is 18.1. The first-order valence-corrected chi connectivity index (χ1v) is 22.1. The number of allylic oxidation sites excluding steroid dienone is 4. The van der Waals surface area contributed by atoms with Crippen molar-refractivity contribution in [2.45, 2.75) is 98.0 Å². The van der Waals surface area contributed by atoms with Gasteiger partial charge in [-0.3, -0.25) is 0 Å². The van der Waals surface area contributed by atoms with Crippen LogP contribution in [0, 0.1) is 0 Å². The van der Waals surface area contributed by atoms with Gasteiger partial charge in [0.15, 0.2) is 0 Å². The Balaban J connectivity index is 1.48. The number of carbonyl (C=O) groups is 1. The molecule has 1 unspecified atom stereocenters. The molecule has 3 aliphatic rings. The number of ether oxygens (including phenoxy) is 4. The van der Waals surface area contributed by atoms with Crippen LogP contribution < -0.4 is 0 Å². The molecule has 0 saturated carbocycles. The van der Waals surface area contributed by atoms with Crippen molar-refractivity contribution in [3.05, 3.63) is 58.1 Å². The molecule has 1 saturated heterocycles. The summed E-state index contributed by atoms with van der Waals surface area (Å²) in [6.07, 6.45) is 21.9. The third kappa shape index (κ3) is 9.54. The molecule has 0 bridgehead atoms. The Labute approximate surface area is 228 Å². The molecular weight excluding hydrogens is 573 g/mol. The van der Waals surface area contributed by atoms with E-state index in [0.29, 0.717) is 31.4 Å². The van der Waals surface area contributed by atoms with Crippen LogP contribution in [0.25, 0.3) is 0 Å². The van der Waals surface area contributed by atoms with Gasteiger partial charge in [0, 0.05) is 0 Å². The Morgan fingerprint density at radius 1 is 1.05 bits per heavy atom. The molecule has 0 aromatic rings. The van der Waals surface area contributed by atoms with Crippen LogP contribution in [0.1, 0.15) is 78.6 Å². The fourth-order valence-electron chi connectivity index (χ4n) is 5.15. The molecule has 0 aromatic heterocycles. The Morgan fingerprint density at radius 2 is 1.81 bits per heavy atom. The van der Waals surface area contributed by atoms with Gasteiger partial charge in [0.25, 0.3) is 0 Å². The number of cyclic esters (lactones) is 1. The molecule has 7 heteroatoms. The molecule has 206 valence electrons. The number of carbonyl (C=O) groups excluding carboxylic acids is 1. The van der Waals surface area contributed by atoms with E-state index in [1.807, 2.05) is 12.2 Å².